The number of nitrogens with one attached hydrogen (secondary N) is 1. The van der Waals surface area contributed by atoms with Gasteiger partial charge in [0, 0.05) is 12.6 Å². The average Bonchev–Trinajstić information content (AvgIpc) is 2.81. The van der Waals surface area contributed by atoms with Gasteiger partial charge >= 0.3 is 0 Å². The maximum Gasteiger partial charge on any atom is 0.165 e. The van der Waals surface area contributed by atoms with Crippen LogP contribution in [0, 0.1) is 0 Å². The molecule has 18 heavy (non-hydrogen) atoms. The minimum atomic E-state index is 0.348. The fraction of sp³-hybridized carbons (Fsp3) is 0.357. The molecule has 0 aliphatic carbocycles. The van der Waals surface area contributed by atoms with Crippen LogP contribution < -0.4 is 10.1 Å². The second kappa shape index (κ2) is 5.69. The second-order valence-electron chi connectivity index (χ2n) is 4.53. The summed E-state index contributed by atoms with van der Waals surface area (Å²) in [5.74, 6) is 1.60. The molecule has 0 unspecified atom stereocenters. The van der Waals surface area contributed by atoms with Gasteiger partial charge in [-0.2, -0.15) is 5.10 Å². The summed E-state index contributed by atoms with van der Waals surface area (Å²) in [4.78, 5) is 0. The Hall–Kier alpha value is -1.81. The lowest BCUT2D eigenvalue weighted by atomic mass is 10.2. The summed E-state index contributed by atoms with van der Waals surface area (Å²) in [5.41, 5.74) is 1.24. The van der Waals surface area contributed by atoms with E-state index in [0.29, 0.717) is 6.04 Å². The smallest absolute Gasteiger partial charge is 0.165 e. The van der Waals surface area contributed by atoms with Crippen LogP contribution in [0.4, 0.5) is 0 Å². The highest BCUT2D eigenvalue weighted by Gasteiger charge is 2.03. The predicted octanol–water partition coefficient (Wildman–Crippen LogP) is 2.98. The van der Waals surface area contributed by atoms with Crippen molar-refractivity contribution in [2.75, 3.05) is 7.05 Å². The Morgan fingerprint density at radius 1 is 1.22 bits per heavy atom. The molecule has 96 valence electrons. The number of hydrogen-bond donors (Lipinski definition) is 1. The highest BCUT2D eigenvalue weighted by molar-refractivity contribution is 5.31. The Labute approximate surface area is 108 Å². The van der Waals surface area contributed by atoms with E-state index in [2.05, 4.69) is 36.4 Å². The van der Waals surface area contributed by atoms with Crippen molar-refractivity contribution in [1.29, 1.82) is 0 Å². The molecule has 0 amide bonds. The summed E-state index contributed by atoms with van der Waals surface area (Å²) in [7, 11) is 1.94. The third-order valence-corrected chi connectivity index (χ3v) is 2.65. The van der Waals surface area contributed by atoms with Gasteiger partial charge in [0.25, 0.3) is 0 Å². The quantitative estimate of drug-likeness (QED) is 0.880. The summed E-state index contributed by atoms with van der Waals surface area (Å²) in [5, 5.41) is 7.36. The maximum atomic E-state index is 5.74. The molecule has 0 radical (unpaired) electrons. The van der Waals surface area contributed by atoms with E-state index in [0.717, 1.165) is 18.0 Å². The Kier molecular flexibility index (Phi) is 3.99. The molecule has 2 rings (SSSR count). The highest BCUT2D eigenvalue weighted by Crippen LogP contribution is 2.22. The van der Waals surface area contributed by atoms with E-state index in [1.807, 2.05) is 30.1 Å². The molecule has 1 aromatic carbocycles. The number of aromatic nitrogens is 2. The summed E-state index contributed by atoms with van der Waals surface area (Å²) in [6.07, 6.45) is 3.65. The van der Waals surface area contributed by atoms with Gasteiger partial charge < -0.3 is 10.1 Å². The van der Waals surface area contributed by atoms with Gasteiger partial charge in [0.15, 0.2) is 5.75 Å². The van der Waals surface area contributed by atoms with Crippen LogP contribution in [-0.4, -0.2) is 16.8 Å². The zero-order valence-electron chi connectivity index (χ0n) is 11.1. The van der Waals surface area contributed by atoms with Gasteiger partial charge in [-0.15, -0.1) is 0 Å². The molecule has 0 spiro atoms. The lowest BCUT2D eigenvalue weighted by Crippen LogP contribution is -2.04. The molecule has 0 bridgehead atoms. The van der Waals surface area contributed by atoms with E-state index in [1.165, 1.54) is 5.56 Å². The normalized spacial score (nSPS) is 10.9. The first kappa shape index (κ1) is 12.6. The van der Waals surface area contributed by atoms with Crippen LogP contribution in [0.5, 0.6) is 11.5 Å². The monoisotopic (exact) mass is 245 g/mol. The van der Waals surface area contributed by atoms with Crippen molar-refractivity contribution >= 4 is 0 Å². The standard InChI is InChI=1S/C14H19N3O/c1-11(2)17-10-14(9-16-17)18-13-6-4-12(5-7-13)8-15-3/h4-7,9-11,15H,8H2,1-3H3. The highest BCUT2D eigenvalue weighted by atomic mass is 16.5. The molecule has 1 heterocycles. The van der Waals surface area contributed by atoms with Crippen molar-refractivity contribution < 1.29 is 4.74 Å². The Morgan fingerprint density at radius 2 is 1.94 bits per heavy atom. The molecule has 0 saturated heterocycles. The number of rotatable bonds is 5. The van der Waals surface area contributed by atoms with Crippen molar-refractivity contribution in [3.8, 4) is 11.5 Å². The molecule has 0 fully saturated rings. The molecular formula is C14H19N3O. The first-order valence-corrected chi connectivity index (χ1v) is 6.14. The Morgan fingerprint density at radius 3 is 2.50 bits per heavy atom. The van der Waals surface area contributed by atoms with Crippen LogP contribution in [0.15, 0.2) is 36.7 Å². The number of ether oxygens (including phenoxy) is 1. The Bertz CT molecular complexity index is 488. The number of hydrogen-bond acceptors (Lipinski definition) is 3. The summed E-state index contributed by atoms with van der Waals surface area (Å²) >= 11 is 0. The number of nitrogens with zero attached hydrogens (tertiary/aromatic N) is 2. The van der Waals surface area contributed by atoms with Gasteiger partial charge in [0.2, 0.25) is 0 Å². The van der Waals surface area contributed by atoms with E-state index in [-0.39, 0.29) is 0 Å². The molecule has 4 nitrogen and oxygen atoms in total. The van der Waals surface area contributed by atoms with Gasteiger partial charge in [-0.1, -0.05) is 12.1 Å². The van der Waals surface area contributed by atoms with Gasteiger partial charge in [-0.25, -0.2) is 0 Å². The van der Waals surface area contributed by atoms with Crippen LogP contribution in [0.1, 0.15) is 25.5 Å². The van der Waals surface area contributed by atoms with Crippen LogP contribution >= 0.6 is 0 Å². The summed E-state index contributed by atoms with van der Waals surface area (Å²) in [6, 6.07) is 8.40. The third-order valence-electron chi connectivity index (χ3n) is 2.65. The van der Waals surface area contributed by atoms with Gasteiger partial charge in [-0.3, -0.25) is 4.68 Å². The van der Waals surface area contributed by atoms with Crippen LogP contribution in [0.2, 0.25) is 0 Å². The van der Waals surface area contributed by atoms with E-state index in [1.54, 1.807) is 6.20 Å². The lowest BCUT2D eigenvalue weighted by molar-refractivity contribution is 0.477. The zero-order chi connectivity index (χ0) is 13.0. The molecular weight excluding hydrogens is 226 g/mol. The second-order valence-corrected chi connectivity index (χ2v) is 4.53. The topological polar surface area (TPSA) is 39.1 Å². The minimum absolute atomic E-state index is 0.348. The van der Waals surface area contributed by atoms with Gasteiger partial charge in [0.1, 0.15) is 5.75 Å². The molecule has 4 heteroatoms. The number of benzene rings is 1. The fourth-order valence-electron chi connectivity index (χ4n) is 1.67. The molecule has 0 atom stereocenters. The summed E-state index contributed by atoms with van der Waals surface area (Å²) in [6.45, 7) is 5.04. The van der Waals surface area contributed by atoms with Crippen molar-refractivity contribution in [2.24, 2.45) is 0 Å². The van der Waals surface area contributed by atoms with Gasteiger partial charge in [-0.05, 0) is 38.6 Å². The molecule has 2 aromatic rings. The maximum absolute atomic E-state index is 5.74. The van der Waals surface area contributed by atoms with Gasteiger partial charge in [0.05, 0.1) is 12.4 Å². The molecule has 0 aliphatic rings. The molecule has 0 saturated carbocycles. The largest absolute Gasteiger partial charge is 0.454 e. The minimum Gasteiger partial charge on any atom is -0.454 e. The van der Waals surface area contributed by atoms with E-state index in [9.17, 15) is 0 Å². The molecule has 1 N–H and O–H groups in total. The van der Waals surface area contributed by atoms with Crippen LogP contribution in [-0.2, 0) is 6.54 Å². The predicted molar refractivity (Wildman–Crippen MR) is 71.9 cm³/mol. The molecule has 0 aliphatic heterocycles. The lowest BCUT2D eigenvalue weighted by Gasteiger charge is -2.05. The van der Waals surface area contributed by atoms with Crippen molar-refractivity contribution in [1.82, 2.24) is 15.1 Å². The first-order valence-electron chi connectivity index (χ1n) is 6.14. The molecule has 1 aromatic heterocycles. The third kappa shape index (κ3) is 3.11. The van der Waals surface area contributed by atoms with E-state index >= 15 is 0 Å². The zero-order valence-corrected chi connectivity index (χ0v) is 11.1. The van der Waals surface area contributed by atoms with Crippen molar-refractivity contribution in [3.63, 3.8) is 0 Å². The fourth-order valence-corrected chi connectivity index (χ4v) is 1.67. The van der Waals surface area contributed by atoms with Crippen molar-refractivity contribution in [2.45, 2.75) is 26.4 Å². The van der Waals surface area contributed by atoms with E-state index < -0.39 is 0 Å². The average molecular weight is 245 g/mol. The van der Waals surface area contributed by atoms with Crippen LogP contribution in [0.25, 0.3) is 0 Å². The SMILES string of the molecule is CNCc1ccc(Oc2cnn(C(C)C)c2)cc1. The van der Waals surface area contributed by atoms with Crippen LogP contribution in [0.3, 0.4) is 0 Å². The Balaban J connectivity index is 2.03. The van der Waals surface area contributed by atoms with Crippen molar-refractivity contribution in [3.05, 3.63) is 42.2 Å². The first-order chi connectivity index (χ1) is 8.69. The summed E-state index contributed by atoms with van der Waals surface area (Å²) < 4.78 is 7.62. The van der Waals surface area contributed by atoms with E-state index in [4.69, 9.17) is 4.74 Å².